The third-order valence-corrected chi connectivity index (χ3v) is 14.4. The topological polar surface area (TPSA) is 174 Å². The highest BCUT2D eigenvalue weighted by atomic mass is 32.2. The highest BCUT2D eigenvalue weighted by Crippen LogP contribution is 2.65. The number of unbranched alkanes of at least 4 members (excludes halogenated alkanes) is 1. The zero-order valence-corrected chi connectivity index (χ0v) is 31.2. The number of hydrogen-bond donors (Lipinski definition) is 4. The van der Waals surface area contributed by atoms with E-state index in [-0.39, 0.29) is 23.3 Å². The number of carbonyl (C=O) groups excluding carboxylic acids is 5. The minimum Gasteiger partial charge on any atom is -0.347 e. The Balaban J connectivity index is 1.35. The van der Waals surface area contributed by atoms with Gasteiger partial charge in [0.25, 0.3) is 5.91 Å². The smallest absolute Gasteiger partial charge is 0.315 e. The van der Waals surface area contributed by atoms with E-state index < -0.39 is 73.9 Å². The lowest BCUT2D eigenvalue weighted by Crippen LogP contribution is -2.65. The molecule has 14 heteroatoms. The Bertz CT molecular complexity index is 1430. The number of carbonyl (C=O) groups is 5. The number of hydrogen-bond acceptors (Lipinski definition) is 7. The summed E-state index contributed by atoms with van der Waals surface area (Å²) in [4.78, 5) is 69.9. The molecular weight excluding hydrogens is 648 g/mol. The maximum Gasteiger partial charge on any atom is 0.315 e. The average Bonchev–Trinajstić information content (AvgIpc) is 3.83. The van der Waals surface area contributed by atoms with E-state index in [4.69, 9.17) is 0 Å². The largest absolute Gasteiger partial charge is 0.347 e. The Labute approximate surface area is 291 Å². The molecule has 0 aromatic heterocycles. The van der Waals surface area contributed by atoms with Crippen LogP contribution in [0.1, 0.15) is 112 Å². The third kappa shape index (κ3) is 7.50. The fourth-order valence-electron chi connectivity index (χ4n) is 8.66. The summed E-state index contributed by atoms with van der Waals surface area (Å²) in [5.41, 5.74) is -1.89. The van der Waals surface area contributed by atoms with Crippen molar-refractivity contribution < 1.29 is 32.4 Å². The second kappa shape index (κ2) is 13.8. The van der Waals surface area contributed by atoms with Crippen molar-refractivity contribution in [1.29, 1.82) is 0 Å². The molecule has 0 radical (unpaired) electrons. The monoisotopic (exact) mass is 706 g/mol. The summed E-state index contributed by atoms with van der Waals surface area (Å²) in [7, 11) is -2.02. The van der Waals surface area contributed by atoms with Gasteiger partial charge in [-0.25, -0.2) is 17.5 Å². The van der Waals surface area contributed by atoms with Crippen molar-refractivity contribution in [2.24, 2.45) is 22.7 Å². The molecule has 4 N–H and O–H groups in total. The molecule has 3 aliphatic carbocycles. The highest BCUT2D eigenvalue weighted by molar-refractivity contribution is 7.90. The molecule has 0 unspecified atom stereocenters. The summed E-state index contributed by atoms with van der Waals surface area (Å²) in [5.74, 6) is -2.30. The number of Topliss-reactive ketones (excluding diaryl/α,β-unsaturated/α-hetero) is 1. The SMILES string of the molecule is CCCC[C@H](NC(=O)[C@@H]1[C@@H]2[C@H](CN1C(=O)[C@@H](NC(=O)NC1([C@@H]3CCN(C)S3(=O)=O)CCCCC1)C(C)(C)C)C2(C)C)C(=O)C(=O)NC1CC1. The van der Waals surface area contributed by atoms with Crippen LogP contribution in [0.5, 0.6) is 0 Å². The number of ketones is 1. The van der Waals surface area contributed by atoms with Crippen LogP contribution in [-0.2, 0) is 29.2 Å². The molecule has 49 heavy (non-hydrogen) atoms. The van der Waals surface area contributed by atoms with E-state index in [0.29, 0.717) is 45.2 Å². The Hall–Kier alpha value is -2.74. The fraction of sp³-hybridized carbons (Fsp3) is 0.857. The normalized spacial score (nSPS) is 29.7. The number of rotatable bonds is 12. The predicted octanol–water partition coefficient (Wildman–Crippen LogP) is 2.44. The highest BCUT2D eigenvalue weighted by Gasteiger charge is 2.70. The van der Waals surface area contributed by atoms with Gasteiger partial charge in [0.2, 0.25) is 27.6 Å². The summed E-state index contributed by atoms with van der Waals surface area (Å²) in [5, 5.41) is 10.8. The van der Waals surface area contributed by atoms with Gasteiger partial charge in [-0.3, -0.25) is 19.2 Å². The van der Waals surface area contributed by atoms with Crippen LogP contribution in [0.25, 0.3) is 0 Å². The van der Waals surface area contributed by atoms with Gasteiger partial charge in [-0.05, 0) is 61.2 Å². The molecule has 5 amide bonds. The van der Waals surface area contributed by atoms with E-state index in [0.717, 1.165) is 38.5 Å². The van der Waals surface area contributed by atoms with Crippen LogP contribution < -0.4 is 21.3 Å². The van der Waals surface area contributed by atoms with Gasteiger partial charge in [-0.2, -0.15) is 0 Å². The second-order valence-corrected chi connectivity index (χ2v) is 19.2. The van der Waals surface area contributed by atoms with Crippen LogP contribution in [0, 0.1) is 22.7 Å². The van der Waals surface area contributed by atoms with Gasteiger partial charge in [0.05, 0.1) is 16.8 Å². The molecule has 3 saturated carbocycles. The Kier molecular flexibility index (Phi) is 10.5. The second-order valence-electron chi connectivity index (χ2n) is 17.0. The molecule has 2 saturated heterocycles. The van der Waals surface area contributed by atoms with Crippen LogP contribution in [-0.4, -0.2) is 102 Å². The molecule has 0 spiro atoms. The Morgan fingerprint density at radius 2 is 1.61 bits per heavy atom. The molecule has 2 heterocycles. The van der Waals surface area contributed by atoms with E-state index in [1.165, 1.54) is 4.31 Å². The molecule has 2 aliphatic heterocycles. The minimum absolute atomic E-state index is 0.00544. The van der Waals surface area contributed by atoms with Crippen LogP contribution in [0.2, 0.25) is 0 Å². The van der Waals surface area contributed by atoms with Crippen molar-refractivity contribution in [1.82, 2.24) is 30.5 Å². The number of amides is 5. The number of piperidine rings is 1. The predicted molar refractivity (Wildman–Crippen MR) is 185 cm³/mol. The van der Waals surface area contributed by atoms with Crippen molar-refractivity contribution in [3.63, 3.8) is 0 Å². The van der Waals surface area contributed by atoms with E-state index in [1.54, 1.807) is 11.9 Å². The standard InChI is InChI=1S/C35H58N6O7S/c1-8-9-13-23(27(42)30(44)36-21-14-15-21)37-29(43)26-25-22(34(25,5)6)20-41(26)31(45)28(33(2,3)4)38-32(46)39-35(17-11-10-12-18-35)24-16-19-40(7)49(24,47)48/h21-26,28H,8-20H2,1-7H3,(H,36,44)(H,37,43)(H2,38,39,46)/t22-,23-,24-,25-,26-,28+/m0/s1. The van der Waals surface area contributed by atoms with Crippen LogP contribution in [0.4, 0.5) is 4.79 Å². The van der Waals surface area contributed by atoms with Crippen LogP contribution in [0.3, 0.4) is 0 Å². The number of urea groups is 1. The lowest BCUT2D eigenvalue weighted by atomic mass is 9.78. The Morgan fingerprint density at radius 1 is 0.959 bits per heavy atom. The van der Waals surface area contributed by atoms with Gasteiger partial charge in [0.1, 0.15) is 12.1 Å². The first-order valence-electron chi connectivity index (χ1n) is 18.3. The zero-order chi connectivity index (χ0) is 36.1. The van der Waals surface area contributed by atoms with E-state index >= 15 is 0 Å². The number of likely N-dealkylation sites (tertiary alicyclic amines) is 1. The van der Waals surface area contributed by atoms with Crippen molar-refractivity contribution >= 4 is 39.6 Å². The molecular formula is C35H58N6O7S. The molecule has 5 rings (SSSR count). The maximum atomic E-state index is 14.5. The number of nitrogens with one attached hydrogen (secondary N) is 4. The molecule has 13 nitrogen and oxygen atoms in total. The van der Waals surface area contributed by atoms with Crippen molar-refractivity contribution in [2.45, 2.75) is 147 Å². The summed E-state index contributed by atoms with van der Waals surface area (Å²) >= 11 is 0. The Morgan fingerprint density at radius 3 is 2.16 bits per heavy atom. The number of sulfonamides is 1. The lowest BCUT2D eigenvalue weighted by Gasteiger charge is -2.43. The van der Waals surface area contributed by atoms with Crippen LogP contribution in [0.15, 0.2) is 0 Å². The van der Waals surface area contributed by atoms with E-state index in [9.17, 15) is 32.4 Å². The van der Waals surface area contributed by atoms with Gasteiger partial charge >= 0.3 is 6.03 Å². The quantitative estimate of drug-likeness (QED) is 0.226. The molecule has 0 aromatic rings. The first-order valence-corrected chi connectivity index (χ1v) is 19.8. The third-order valence-electron chi connectivity index (χ3n) is 12.0. The van der Waals surface area contributed by atoms with Crippen molar-refractivity contribution in [3.8, 4) is 0 Å². The van der Waals surface area contributed by atoms with Gasteiger partial charge in [0, 0.05) is 26.2 Å². The maximum absolute atomic E-state index is 14.5. The number of fused-ring (bicyclic) bond motifs is 1. The van der Waals surface area contributed by atoms with Gasteiger partial charge in [-0.15, -0.1) is 0 Å². The summed E-state index contributed by atoms with van der Waals surface area (Å²) in [6.07, 6.45) is 7.46. The van der Waals surface area contributed by atoms with E-state index in [1.807, 2.05) is 27.7 Å². The summed E-state index contributed by atoms with van der Waals surface area (Å²) < 4.78 is 28.0. The molecule has 0 aromatic carbocycles. The summed E-state index contributed by atoms with van der Waals surface area (Å²) in [6, 6.07) is -3.48. The van der Waals surface area contributed by atoms with Gasteiger partial charge < -0.3 is 26.2 Å². The minimum atomic E-state index is -3.59. The van der Waals surface area contributed by atoms with Gasteiger partial charge in [-0.1, -0.05) is 73.6 Å². The fourth-order valence-corrected chi connectivity index (χ4v) is 10.7. The molecule has 5 aliphatic rings. The van der Waals surface area contributed by atoms with Crippen molar-refractivity contribution in [3.05, 3.63) is 0 Å². The molecule has 5 fully saturated rings. The summed E-state index contributed by atoms with van der Waals surface area (Å²) in [6.45, 7) is 12.4. The molecule has 6 atom stereocenters. The zero-order valence-electron chi connectivity index (χ0n) is 30.4. The van der Waals surface area contributed by atoms with Gasteiger partial charge in [0.15, 0.2) is 0 Å². The molecule has 276 valence electrons. The lowest BCUT2D eigenvalue weighted by molar-refractivity contribution is -0.145. The first-order chi connectivity index (χ1) is 22.8. The van der Waals surface area contributed by atoms with Crippen LogP contribution >= 0.6 is 0 Å². The van der Waals surface area contributed by atoms with Crippen molar-refractivity contribution in [2.75, 3.05) is 20.1 Å². The number of nitrogens with zero attached hydrogens (tertiary/aromatic N) is 2. The first kappa shape index (κ1) is 37.5. The van der Waals surface area contributed by atoms with E-state index in [2.05, 4.69) is 35.1 Å². The molecule has 0 bridgehead atoms. The average molecular weight is 707 g/mol.